The molecule has 3 rings (SSSR count). The van der Waals surface area contributed by atoms with Crippen LogP contribution in [-0.4, -0.2) is 42.7 Å². The smallest absolute Gasteiger partial charge is 0.305 e. The van der Waals surface area contributed by atoms with Gasteiger partial charge in [-0.2, -0.15) is 0 Å². The van der Waals surface area contributed by atoms with Crippen LogP contribution >= 0.6 is 11.8 Å². The van der Waals surface area contributed by atoms with Crippen molar-refractivity contribution < 1.29 is 28.6 Å². The molecule has 2 aromatic carbocycles. The number of nitrogens with one attached hydrogen (secondary N) is 1. The lowest BCUT2D eigenvalue weighted by molar-refractivity contribution is -0.144. The summed E-state index contributed by atoms with van der Waals surface area (Å²) in [5, 5.41) is 1.59. The number of ether oxygens (including phenoxy) is 3. The number of esters is 1. The van der Waals surface area contributed by atoms with E-state index in [1.807, 2.05) is 48.5 Å². The van der Waals surface area contributed by atoms with Crippen LogP contribution in [0.15, 0.2) is 48.5 Å². The molecule has 0 bridgehead atoms. The summed E-state index contributed by atoms with van der Waals surface area (Å²) in [6.07, 6.45) is 0.790. The molecule has 0 aromatic heterocycles. The lowest BCUT2D eigenvalue weighted by Gasteiger charge is -2.19. The van der Waals surface area contributed by atoms with Gasteiger partial charge in [-0.3, -0.25) is 19.7 Å². The van der Waals surface area contributed by atoms with Crippen molar-refractivity contribution in [1.82, 2.24) is 5.32 Å². The number of thioether (sulfide) groups is 1. The fourth-order valence-corrected chi connectivity index (χ4v) is 3.95. The molecule has 8 heteroatoms. The van der Waals surface area contributed by atoms with Crippen molar-refractivity contribution in [3.05, 3.63) is 59.7 Å². The van der Waals surface area contributed by atoms with Crippen LogP contribution in [0, 0.1) is 0 Å². The van der Waals surface area contributed by atoms with Gasteiger partial charge in [0.2, 0.25) is 5.91 Å². The van der Waals surface area contributed by atoms with E-state index in [4.69, 9.17) is 14.2 Å². The Balaban J connectivity index is 1.62. The molecule has 2 atom stereocenters. The lowest BCUT2D eigenvalue weighted by atomic mass is 10.0. The van der Waals surface area contributed by atoms with Gasteiger partial charge >= 0.3 is 5.97 Å². The number of amides is 2. The van der Waals surface area contributed by atoms with Gasteiger partial charge < -0.3 is 14.2 Å². The van der Waals surface area contributed by atoms with Crippen molar-refractivity contribution >= 4 is 28.9 Å². The second-order valence-electron chi connectivity index (χ2n) is 7.05. The van der Waals surface area contributed by atoms with Crippen molar-refractivity contribution in [1.29, 1.82) is 0 Å². The minimum Gasteiger partial charge on any atom is -0.497 e. The van der Waals surface area contributed by atoms with Gasteiger partial charge in [0.1, 0.15) is 18.1 Å². The molecule has 1 heterocycles. The molecule has 1 fully saturated rings. The monoisotopic (exact) mass is 443 g/mol. The molecule has 0 saturated carbocycles. The summed E-state index contributed by atoms with van der Waals surface area (Å²) < 4.78 is 16.6. The topological polar surface area (TPSA) is 90.9 Å². The first kappa shape index (κ1) is 22.7. The second kappa shape index (κ2) is 10.9. The Bertz CT molecular complexity index is 930. The largest absolute Gasteiger partial charge is 0.497 e. The van der Waals surface area contributed by atoms with Gasteiger partial charge in [-0.15, -0.1) is 0 Å². The number of rotatable bonds is 10. The molecule has 2 amide bonds. The summed E-state index contributed by atoms with van der Waals surface area (Å²) in [5.41, 5.74) is 1.89. The van der Waals surface area contributed by atoms with Gasteiger partial charge in [-0.25, -0.2) is 0 Å². The maximum atomic E-state index is 11.7. The number of benzene rings is 2. The zero-order valence-corrected chi connectivity index (χ0v) is 18.3. The standard InChI is InChI=1S/C23H25NO6S/c1-3-21(25)30-14-17(16-5-4-6-19(12-16)28-2)13-29-18-9-7-15(8-10-18)11-20-22(26)24-23(27)31-20/h4-10,12,17,20H,3,11,13-14H2,1-2H3,(H,24,26,27). The first-order chi connectivity index (χ1) is 15.0. The molecule has 1 N–H and O–H groups in total. The number of hydrogen-bond acceptors (Lipinski definition) is 7. The molecule has 2 unspecified atom stereocenters. The highest BCUT2D eigenvalue weighted by Crippen LogP contribution is 2.25. The Hall–Kier alpha value is -3.00. The summed E-state index contributed by atoms with van der Waals surface area (Å²) in [4.78, 5) is 34.7. The Morgan fingerprint density at radius 1 is 1.10 bits per heavy atom. The molecule has 1 aliphatic heterocycles. The van der Waals surface area contributed by atoms with E-state index in [0.29, 0.717) is 25.2 Å². The van der Waals surface area contributed by atoms with E-state index in [-0.39, 0.29) is 29.6 Å². The van der Waals surface area contributed by atoms with Crippen LogP contribution in [0.5, 0.6) is 11.5 Å². The highest BCUT2D eigenvalue weighted by molar-refractivity contribution is 8.15. The molecule has 1 saturated heterocycles. The first-order valence-electron chi connectivity index (χ1n) is 10.0. The number of hydrogen-bond donors (Lipinski definition) is 1. The molecular formula is C23H25NO6S. The first-order valence-corrected chi connectivity index (χ1v) is 10.9. The van der Waals surface area contributed by atoms with Crippen molar-refractivity contribution in [2.75, 3.05) is 20.3 Å². The molecule has 31 heavy (non-hydrogen) atoms. The van der Waals surface area contributed by atoms with Gasteiger partial charge in [-0.05, 0) is 41.8 Å². The molecule has 164 valence electrons. The van der Waals surface area contributed by atoms with Crippen molar-refractivity contribution in [2.45, 2.75) is 30.9 Å². The predicted octanol–water partition coefficient (Wildman–Crippen LogP) is 3.71. The van der Waals surface area contributed by atoms with Crippen LogP contribution in [0.1, 0.15) is 30.4 Å². The average Bonchev–Trinajstić information content (AvgIpc) is 3.11. The second-order valence-corrected chi connectivity index (χ2v) is 8.23. The maximum absolute atomic E-state index is 11.7. The highest BCUT2D eigenvalue weighted by Gasteiger charge is 2.31. The predicted molar refractivity (Wildman–Crippen MR) is 118 cm³/mol. The summed E-state index contributed by atoms with van der Waals surface area (Å²) in [7, 11) is 1.60. The van der Waals surface area contributed by atoms with Gasteiger partial charge in [-0.1, -0.05) is 43.0 Å². The van der Waals surface area contributed by atoms with Gasteiger partial charge in [0, 0.05) is 6.42 Å². The summed E-state index contributed by atoms with van der Waals surface area (Å²) in [6, 6.07) is 15.0. The maximum Gasteiger partial charge on any atom is 0.305 e. The number of methoxy groups -OCH3 is 1. The molecule has 1 aliphatic rings. The zero-order valence-electron chi connectivity index (χ0n) is 17.5. The van der Waals surface area contributed by atoms with Crippen molar-refractivity contribution in [3.63, 3.8) is 0 Å². The Labute approximate surface area is 185 Å². The third kappa shape index (κ3) is 6.49. The van der Waals surface area contributed by atoms with Crippen LogP contribution in [0.2, 0.25) is 0 Å². The minimum absolute atomic E-state index is 0.158. The van der Waals surface area contributed by atoms with Crippen LogP contribution in [0.4, 0.5) is 4.79 Å². The van der Waals surface area contributed by atoms with Gasteiger partial charge in [0.05, 0.1) is 24.9 Å². The van der Waals surface area contributed by atoms with E-state index in [9.17, 15) is 14.4 Å². The fraction of sp³-hybridized carbons (Fsp3) is 0.348. The quantitative estimate of drug-likeness (QED) is 0.560. The minimum atomic E-state index is -0.398. The van der Waals surface area contributed by atoms with E-state index in [0.717, 1.165) is 28.6 Å². The van der Waals surface area contributed by atoms with E-state index >= 15 is 0 Å². The van der Waals surface area contributed by atoms with E-state index in [2.05, 4.69) is 5.32 Å². The summed E-state index contributed by atoms with van der Waals surface area (Å²) >= 11 is 1.01. The summed E-state index contributed by atoms with van der Waals surface area (Å²) in [5.74, 6) is 0.719. The molecular weight excluding hydrogens is 418 g/mol. The van der Waals surface area contributed by atoms with Crippen LogP contribution in [0.3, 0.4) is 0 Å². The van der Waals surface area contributed by atoms with Gasteiger partial charge in [0.15, 0.2) is 0 Å². The van der Waals surface area contributed by atoms with E-state index in [1.165, 1.54) is 0 Å². The molecule has 0 aliphatic carbocycles. The van der Waals surface area contributed by atoms with E-state index < -0.39 is 5.25 Å². The molecule has 0 spiro atoms. The number of carbonyl (C=O) groups excluding carboxylic acids is 3. The van der Waals surface area contributed by atoms with E-state index in [1.54, 1.807) is 14.0 Å². The Morgan fingerprint density at radius 3 is 2.52 bits per heavy atom. The Morgan fingerprint density at radius 2 is 1.87 bits per heavy atom. The molecule has 2 aromatic rings. The highest BCUT2D eigenvalue weighted by atomic mass is 32.2. The number of imide groups is 1. The van der Waals surface area contributed by atoms with Crippen LogP contribution in [-0.2, 0) is 20.7 Å². The normalized spacial score (nSPS) is 16.5. The lowest BCUT2D eigenvalue weighted by Crippen LogP contribution is -2.25. The molecule has 7 nitrogen and oxygen atoms in total. The van der Waals surface area contributed by atoms with Crippen molar-refractivity contribution in [2.24, 2.45) is 0 Å². The third-order valence-corrected chi connectivity index (χ3v) is 5.84. The zero-order chi connectivity index (χ0) is 22.2. The summed E-state index contributed by atoms with van der Waals surface area (Å²) in [6.45, 7) is 2.28. The average molecular weight is 444 g/mol. The number of carbonyl (C=O) groups is 3. The fourth-order valence-electron chi connectivity index (χ4n) is 3.09. The van der Waals surface area contributed by atoms with Gasteiger partial charge in [0.25, 0.3) is 5.24 Å². The Kier molecular flexibility index (Phi) is 7.94. The molecule has 0 radical (unpaired) electrons. The third-order valence-electron chi connectivity index (χ3n) is 4.86. The van der Waals surface area contributed by atoms with Crippen LogP contribution < -0.4 is 14.8 Å². The SMILES string of the molecule is CCC(=O)OCC(COc1ccc(CC2SC(=O)NC2=O)cc1)c1cccc(OC)c1. The van der Waals surface area contributed by atoms with Crippen LogP contribution in [0.25, 0.3) is 0 Å². The van der Waals surface area contributed by atoms with Crippen molar-refractivity contribution in [3.8, 4) is 11.5 Å².